The molecule has 1 heterocycles. The van der Waals surface area contributed by atoms with Crippen LogP contribution in [0.5, 0.6) is 0 Å². The standard InChI is InChI=1S/C17H29N5/c1-4-5-10-15-22(3)17(18-2)21-14-9-8-13-20-16-11-6-7-12-19-16/h4,6-7,11-12H,1,5,8-10,13-15H2,2-3H3,(H,18,21)(H,19,20). The number of aliphatic imine (C=N–C) groups is 1. The van der Waals surface area contributed by atoms with E-state index >= 15 is 0 Å². The van der Waals surface area contributed by atoms with Crippen LogP contribution in [-0.2, 0) is 0 Å². The van der Waals surface area contributed by atoms with Crippen LogP contribution in [-0.4, -0.2) is 49.6 Å². The summed E-state index contributed by atoms with van der Waals surface area (Å²) >= 11 is 0. The number of anilines is 1. The molecular weight excluding hydrogens is 274 g/mol. The third-order valence-corrected chi connectivity index (χ3v) is 3.33. The fourth-order valence-electron chi connectivity index (χ4n) is 2.10. The first kappa shape index (κ1) is 18.0. The lowest BCUT2D eigenvalue weighted by atomic mass is 10.3. The fraction of sp³-hybridized carbons (Fsp3) is 0.529. The van der Waals surface area contributed by atoms with Crippen LogP contribution in [0.3, 0.4) is 0 Å². The molecule has 2 N–H and O–H groups in total. The van der Waals surface area contributed by atoms with Crippen LogP contribution in [0.1, 0.15) is 25.7 Å². The maximum Gasteiger partial charge on any atom is 0.193 e. The van der Waals surface area contributed by atoms with Crippen molar-refractivity contribution in [2.45, 2.75) is 25.7 Å². The molecule has 0 unspecified atom stereocenters. The molecule has 5 nitrogen and oxygen atoms in total. The topological polar surface area (TPSA) is 52.5 Å². The first-order chi connectivity index (χ1) is 10.8. The van der Waals surface area contributed by atoms with Gasteiger partial charge in [-0.3, -0.25) is 4.99 Å². The molecule has 1 rings (SSSR count). The van der Waals surface area contributed by atoms with E-state index in [0.717, 1.165) is 57.1 Å². The molecule has 5 heteroatoms. The van der Waals surface area contributed by atoms with Crippen molar-refractivity contribution in [3.63, 3.8) is 0 Å². The van der Waals surface area contributed by atoms with Crippen LogP contribution in [0, 0.1) is 0 Å². The Balaban J connectivity index is 2.10. The summed E-state index contributed by atoms with van der Waals surface area (Å²) in [5.74, 6) is 1.90. The minimum absolute atomic E-state index is 0.933. The average Bonchev–Trinajstić information content (AvgIpc) is 2.55. The van der Waals surface area contributed by atoms with Gasteiger partial charge in [-0.15, -0.1) is 6.58 Å². The van der Waals surface area contributed by atoms with Crippen molar-refractivity contribution in [1.29, 1.82) is 0 Å². The number of hydrogen-bond donors (Lipinski definition) is 2. The van der Waals surface area contributed by atoms with Gasteiger partial charge >= 0.3 is 0 Å². The van der Waals surface area contributed by atoms with Gasteiger partial charge in [-0.1, -0.05) is 12.1 Å². The largest absolute Gasteiger partial charge is 0.370 e. The lowest BCUT2D eigenvalue weighted by Crippen LogP contribution is -2.39. The fourth-order valence-corrected chi connectivity index (χ4v) is 2.10. The van der Waals surface area contributed by atoms with Gasteiger partial charge in [0, 0.05) is 39.9 Å². The van der Waals surface area contributed by atoms with Gasteiger partial charge < -0.3 is 15.5 Å². The van der Waals surface area contributed by atoms with E-state index in [1.807, 2.05) is 31.3 Å². The van der Waals surface area contributed by atoms with E-state index in [4.69, 9.17) is 0 Å². The first-order valence-corrected chi connectivity index (χ1v) is 7.95. The molecule has 0 atom stereocenters. The molecule has 0 amide bonds. The third-order valence-electron chi connectivity index (χ3n) is 3.33. The monoisotopic (exact) mass is 303 g/mol. The smallest absolute Gasteiger partial charge is 0.193 e. The molecule has 0 fully saturated rings. The molecule has 0 bridgehead atoms. The normalized spacial score (nSPS) is 11.1. The number of guanidine groups is 1. The Labute approximate surface area is 134 Å². The molecule has 1 aromatic rings. The molecule has 0 aliphatic heterocycles. The van der Waals surface area contributed by atoms with E-state index in [2.05, 4.69) is 39.1 Å². The Bertz CT molecular complexity index is 430. The summed E-state index contributed by atoms with van der Waals surface area (Å²) in [5.41, 5.74) is 0. The van der Waals surface area contributed by atoms with Crippen molar-refractivity contribution in [2.75, 3.05) is 39.0 Å². The first-order valence-electron chi connectivity index (χ1n) is 7.95. The van der Waals surface area contributed by atoms with Gasteiger partial charge in [-0.05, 0) is 37.8 Å². The lowest BCUT2D eigenvalue weighted by molar-refractivity contribution is 0.468. The number of nitrogens with one attached hydrogen (secondary N) is 2. The van der Waals surface area contributed by atoms with Gasteiger partial charge in [0.05, 0.1) is 0 Å². The molecule has 0 aromatic carbocycles. The highest BCUT2D eigenvalue weighted by atomic mass is 15.3. The maximum atomic E-state index is 4.31. The summed E-state index contributed by atoms with van der Waals surface area (Å²) in [5, 5.41) is 6.72. The third kappa shape index (κ3) is 7.67. The zero-order valence-corrected chi connectivity index (χ0v) is 13.9. The second-order valence-corrected chi connectivity index (χ2v) is 5.18. The minimum Gasteiger partial charge on any atom is -0.370 e. The number of aromatic nitrogens is 1. The van der Waals surface area contributed by atoms with Gasteiger partial charge in [0.2, 0.25) is 0 Å². The molecule has 0 saturated carbocycles. The van der Waals surface area contributed by atoms with Crippen LogP contribution < -0.4 is 10.6 Å². The molecule has 0 aliphatic carbocycles. The number of allylic oxidation sites excluding steroid dienone is 1. The van der Waals surface area contributed by atoms with Crippen molar-refractivity contribution in [2.24, 2.45) is 4.99 Å². The summed E-state index contributed by atoms with van der Waals surface area (Å²) in [4.78, 5) is 10.7. The lowest BCUT2D eigenvalue weighted by Gasteiger charge is -2.21. The van der Waals surface area contributed by atoms with Gasteiger partial charge in [0.25, 0.3) is 0 Å². The minimum atomic E-state index is 0.933. The van der Waals surface area contributed by atoms with E-state index in [0.29, 0.717) is 0 Å². The van der Waals surface area contributed by atoms with Crippen molar-refractivity contribution in [1.82, 2.24) is 15.2 Å². The SMILES string of the molecule is C=CCCCN(C)C(=NC)NCCCCNc1ccccn1. The number of nitrogens with zero attached hydrogens (tertiary/aromatic N) is 3. The van der Waals surface area contributed by atoms with E-state index in [9.17, 15) is 0 Å². The van der Waals surface area contributed by atoms with Crippen molar-refractivity contribution in [3.8, 4) is 0 Å². The average molecular weight is 303 g/mol. The van der Waals surface area contributed by atoms with E-state index in [1.165, 1.54) is 0 Å². The van der Waals surface area contributed by atoms with Crippen LogP contribution in [0.2, 0.25) is 0 Å². The maximum absolute atomic E-state index is 4.31. The molecule has 22 heavy (non-hydrogen) atoms. The predicted octanol–water partition coefficient (Wildman–Crippen LogP) is 2.75. The molecule has 0 spiro atoms. The number of rotatable bonds is 10. The highest BCUT2D eigenvalue weighted by Gasteiger charge is 2.03. The Morgan fingerprint density at radius 2 is 2.14 bits per heavy atom. The zero-order chi connectivity index (χ0) is 16.0. The Morgan fingerprint density at radius 3 is 2.82 bits per heavy atom. The van der Waals surface area contributed by atoms with Crippen LogP contribution in [0.4, 0.5) is 5.82 Å². The summed E-state index contributed by atoms with van der Waals surface area (Å²) in [6.07, 6.45) is 8.10. The van der Waals surface area contributed by atoms with Gasteiger partial charge in [-0.25, -0.2) is 4.98 Å². The molecule has 0 aliphatic rings. The van der Waals surface area contributed by atoms with E-state index < -0.39 is 0 Å². The summed E-state index contributed by atoms with van der Waals surface area (Å²) in [7, 11) is 3.90. The number of hydrogen-bond acceptors (Lipinski definition) is 3. The van der Waals surface area contributed by atoms with Crippen molar-refractivity contribution in [3.05, 3.63) is 37.1 Å². The summed E-state index contributed by atoms with van der Waals surface area (Å²) in [6, 6.07) is 5.90. The van der Waals surface area contributed by atoms with Gasteiger partial charge in [-0.2, -0.15) is 0 Å². The van der Waals surface area contributed by atoms with Crippen LogP contribution in [0.15, 0.2) is 42.0 Å². The molecule has 0 radical (unpaired) electrons. The zero-order valence-electron chi connectivity index (χ0n) is 13.9. The summed E-state index contributed by atoms with van der Waals surface area (Å²) in [6.45, 7) is 6.61. The Kier molecular flexibility index (Phi) is 9.50. The quantitative estimate of drug-likeness (QED) is 0.302. The Morgan fingerprint density at radius 1 is 1.32 bits per heavy atom. The molecular formula is C17H29N5. The summed E-state index contributed by atoms with van der Waals surface area (Å²) < 4.78 is 0. The van der Waals surface area contributed by atoms with Crippen LogP contribution in [0.25, 0.3) is 0 Å². The van der Waals surface area contributed by atoms with E-state index in [-0.39, 0.29) is 0 Å². The molecule has 122 valence electrons. The number of unbranched alkanes of at least 4 members (excludes halogenated alkanes) is 2. The number of pyridine rings is 1. The Hall–Kier alpha value is -2.04. The second kappa shape index (κ2) is 11.6. The predicted molar refractivity (Wildman–Crippen MR) is 95.4 cm³/mol. The second-order valence-electron chi connectivity index (χ2n) is 5.18. The van der Waals surface area contributed by atoms with Crippen molar-refractivity contribution < 1.29 is 0 Å². The highest BCUT2D eigenvalue weighted by molar-refractivity contribution is 5.79. The van der Waals surface area contributed by atoms with Gasteiger partial charge in [0.15, 0.2) is 5.96 Å². The molecule has 0 saturated heterocycles. The molecule has 1 aromatic heterocycles. The highest BCUT2D eigenvalue weighted by Crippen LogP contribution is 2.00. The van der Waals surface area contributed by atoms with Crippen molar-refractivity contribution >= 4 is 11.8 Å². The van der Waals surface area contributed by atoms with Crippen LogP contribution >= 0.6 is 0 Å². The van der Waals surface area contributed by atoms with E-state index in [1.54, 1.807) is 6.20 Å². The van der Waals surface area contributed by atoms with Gasteiger partial charge in [0.1, 0.15) is 5.82 Å².